The monoisotopic (exact) mass is 204 g/mol. The van der Waals surface area contributed by atoms with Crippen LogP contribution >= 0.6 is 0 Å². The standard InChI is InChI=1S/C13H20N2/c1-4-14-11(2)10-12(3)15(14)13-8-6-5-7-9-13/h5-9,11-12H,4,10H2,1-3H3. The molecule has 0 amide bonds. The average molecular weight is 204 g/mol. The highest BCUT2D eigenvalue weighted by Gasteiger charge is 2.33. The van der Waals surface area contributed by atoms with Gasteiger partial charge in [0.05, 0.1) is 5.69 Å². The summed E-state index contributed by atoms with van der Waals surface area (Å²) in [6.45, 7) is 7.92. The van der Waals surface area contributed by atoms with Gasteiger partial charge in [-0.3, -0.25) is 0 Å². The van der Waals surface area contributed by atoms with Gasteiger partial charge in [-0.15, -0.1) is 0 Å². The Bertz CT molecular complexity index is 310. The normalized spacial score (nSPS) is 27.3. The van der Waals surface area contributed by atoms with Gasteiger partial charge in [-0.1, -0.05) is 25.1 Å². The molecule has 0 spiro atoms. The highest BCUT2D eigenvalue weighted by Crippen LogP contribution is 2.29. The summed E-state index contributed by atoms with van der Waals surface area (Å²) >= 11 is 0. The van der Waals surface area contributed by atoms with Crippen molar-refractivity contribution in [2.45, 2.75) is 39.3 Å². The van der Waals surface area contributed by atoms with Crippen LogP contribution in [0.5, 0.6) is 0 Å². The van der Waals surface area contributed by atoms with E-state index in [1.54, 1.807) is 0 Å². The molecule has 2 heteroatoms. The summed E-state index contributed by atoms with van der Waals surface area (Å²) in [5.74, 6) is 0. The molecule has 1 saturated heterocycles. The van der Waals surface area contributed by atoms with Crippen molar-refractivity contribution >= 4 is 5.69 Å². The summed E-state index contributed by atoms with van der Waals surface area (Å²) in [6, 6.07) is 11.9. The molecule has 15 heavy (non-hydrogen) atoms. The van der Waals surface area contributed by atoms with E-state index in [0.29, 0.717) is 12.1 Å². The summed E-state index contributed by atoms with van der Waals surface area (Å²) in [5.41, 5.74) is 1.32. The van der Waals surface area contributed by atoms with E-state index in [1.165, 1.54) is 12.1 Å². The van der Waals surface area contributed by atoms with Gasteiger partial charge in [0.15, 0.2) is 0 Å². The second kappa shape index (κ2) is 4.23. The van der Waals surface area contributed by atoms with Crippen LogP contribution in [0.15, 0.2) is 30.3 Å². The Morgan fingerprint density at radius 3 is 2.40 bits per heavy atom. The molecule has 1 aromatic rings. The van der Waals surface area contributed by atoms with E-state index in [-0.39, 0.29) is 0 Å². The predicted octanol–water partition coefficient (Wildman–Crippen LogP) is 2.91. The maximum absolute atomic E-state index is 2.46. The third kappa shape index (κ3) is 1.86. The smallest absolute Gasteiger partial charge is 0.0525 e. The third-order valence-corrected chi connectivity index (χ3v) is 3.23. The Morgan fingerprint density at radius 2 is 1.80 bits per heavy atom. The van der Waals surface area contributed by atoms with Crippen molar-refractivity contribution in [3.63, 3.8) is 0 Å². The Balaban J connectivity index is 2.27. The lowest BCUT2D eigenvalue weighted by Crippen LogP contribution is -2.42. The Labute approximate surface area is 92.5 Å². The second-order valence-electron chi connectivity index (χ2n) is 4.37. The minimum atomic E-state index is 0.613. The van der Waals surface area contributed by atoms with Crippen molar-refractivity contribution in [2.24, 2.45) is 0 Å². The average Bonchev–Trinajstić information content (AvgIpc) is 2.54. The molecule has 82 valence electrons. The van der Waals surface area contributed by atoms with Crippen molar-refractivity contribution < 1.29 is 0 Å². The molecular weight excluding hydrogens is 184 g/mol. The van der Waals surface area contributed by atoms with Gasteiger partial charge >= 0.3 is 0 Å². The molecule has 1 aliphatic rings. The molecule has 1 aromatic carbocycles. The second-order valence-corrected chi connectivity index (χ2v) is 4.37. The molecule has 0 N–H and O–H groups in total. The fourth-order valence-corrected chi connectivity index (χ4v) is 2.63. The molecule has 0 saturated carbocycles. The van der Waals surface area contributed by atoms with E-state index in [2.05, 4.69) is 61.1 Å². The molecule has 0 aromatic heterocycles. The van der Waals surface area contributed by atoms with Crippen molar-refractivity contribution in [1.82, 2.24) is 5.01 Å². The van der Waals surface area contributed by atoms with Crippen LogP contribution in [-0.4, -0.2) is 23.6 Å². The van der Waals surface area contributed by atoms with Crippen molar-refractivity contribution in [1.29, 1.82) is 0 Å². The number of rotatable bonds is 2. The van der Waals surface area contributed by atoms with Crippen molar-refractivity contribution in [3.8, 4) is 0 Å². The number of hydrogen-bond donors (Lipinski definition) is 0. The van der Waals surface area contributed by atoms with Gasteiger partial charge in [0.25, 0.3) is 0 Å². The van der Waals surface area contributed by atoms with E-state index < -0.39 is 0 Å². The van der Waals surface area contributed by atoms with Gasteiger partial charge in [0.2, 0.25) is 0 Å². The maximum Gasteiger partial charge on any atom is 0.0525 e. The van der Waals surface area contributed by atoms with Crippen molar-refractivity contribution in [2.75, 3.05) is 11.6 Å². The van der Waals surface area contributed by atoms with Crippen LogP contribution in [0.2, 0.25) is 0 Å². The number of benzene rings is 1. The SMILES string of the molecule is CCN1C(C)CC(C)N1c1ccccc1. The van der Waals surface area contributed by atoms with E-state index in [4.69, 9.17) is 0 Å². The number of hydrogen-bond acceptors (Lipinski definition) is 2. The molecule has 1 fully saturated rings. The van der Waals surface area contributed by atoms with Crippen LogP contribution in [0.25, 0.3) is 0 Å². The topological polar surface area (TPSA) is 6.48 Å². The zero-order chi connectivity index (χ0) is 10.8. The van der Waals surface area contributed by atoms with Crippen LogP contribution in [0.4, 0.5) is 5.69 Å². The van der Waals surface area contributed by atoms with E-state index in [1.807, 2.05) is 0 Å². The number of para-hydroxylation sites is 1. The molecule has 2 atom stereocenters. The molecular formula is C13H20N2. The fourth-order valence-electron chi connectivity index (χ4n) is 2.63. The van der Waals surface area contributed by atoms with Crippen molar-refractivity contribution in [3.05, 3.63) is 30.3 Å². The summed E-state index contributed by atoms with van der Waals surface area (Å²) in [4.78, 5) is 0. The van der Waals surface area contributed by atoms with E-state index >= 15 is 0 Å². The lowest BCUT2D eigenvalue weighted by atomic mass is 10.1. The van der Waals surface area contributed by atoms with Gasteiger partial charge in [-0.2, -0.15) is 0 Å². The number of anilines is 1. The molecule has 0 bridgehead atoms. The van der Waals surface area contributed by atoms with E-state index in [9.17, 15) is 0 Å². The van der Waals surface area contributed by atoms with Gasteiger partial charge in [0, 0.05) is 18.6 Å². The molecule has 2 nitrogen and oxygen atoms in total. The van der Waals surface area contributed by atoms with Crippen LogP contribution < -0.4 is 5.01 Å². The molecule has 2 unspecified atom stereocenters. The quantitative estimate of drug-likeness (QED) is 0.731. The Hall–Kier alpha value is -1.02. The van der Waals surface area contributed by atoms with Crippen LogP contribution in [0, 0.1) is 0 Å². The van der Waals surface area contributed by atoms with Crippen LogP contribution in [-0.2, 0) is 0 Å². The van der Waals surface area contributed by atoms with E-state index in [0.717, 1.165) is 6.54 Å². The van der Waals surface area contributed by atoms with Crippen LogP contribution in [0.3, 0.4) is 0 Å². The highest BCUT2D eigenvalue weighted by molar-refractivity contribution is 5.46. The Morgan fingerprint density at radius 1 is 1.13 bits per heavy atom. The lowest BCUT2D eigenvalue weighted by Gasteiger charge is -2.34. The zero-order valence-corrected chi connectivity index (χ0v) is 9.85. The lowest BCUT2D eigenvalue weighted by molar-refractivity contribution is 0.256. The first kappa shape index (κ1) is 10.5. The summed E-state index contributed by atoms with van der Waals surface area (Å²) in [7, 11) is 0. The van der Waals surface area contributed by atoms with Gasteiger partial charge in [-0.25, -0.2) is 5.01 Å². The minimum absolute atomic E-state index is 0.613. The predicted molar refractivity (Wildman–Crippen MR) is 64.8 cm³/mol. The molecule has 1 heterocycles. The highest BCUT2D eigenvalue weighted by atomic mass is 15.7. The number of nitrogens with zero attached hydrogens (tertiary/aromatic N) is 2. The third-order valence-electron chi connectivity index (χ3n) is 3.23. The fraction of sp³-hybridized carbons (Fsp3) is 0.538. The summed E-state index contributed by atoms with van der Waals surface area (Å²) < 4.78 is 0. The largest absolute Gasteiger partial charge is 0.303 e. The van der Waals surface area contributed by atoms with Crippen LogP contribution in [0.1, 0.15) is 27.2 Å². The Kier molecular flexibility index (Phi) is 2.96. The molecule has 0 aliphatic carbocycles. The minimum Gasteiger partial charge on any atom is -0.303 e. The maximum atomic E-state index is 2.46. The zero-order valence-electron chi connectivity index (χ0n) is 9.85. The molecule has 1 aliphatic heterocycles. The summed E-state index contributed by atoms with van der Waals surface area (Å²) in [5, 5.41) is 4.89. The van der Waals surface area contributed by atoms with Gasteiger partial charge in [0.1, 0.15) is 0 Å². The molecule has 0 radical (unpaired) electrons. The first-order valence-electron chi connectivity index (χ1n) is 5.85. The molecule has 2 rings (SSSR count). The van der Waals surface area contributed by atoms with Gasteiger partial charge in [-0.05, 0) is 32.4 Å². The first-order chi connectivity index (χ1) is 7.24. The summed E-state index contributed by atoms with van der Waals surface area (Å²) in [6.07, 6.45) is 1.25. The first-order valence-corrected chi connectivity index (χ1v) is 5.85. The number of hydrazine groups is 1. The van der Waals surface area contributed by atoms with Gasteiger partial charge < -0.3 is 5.01 Å².